The number of aromatic nitrogens is 3. The minimum Gasteiger partial charge on any atom is -0.368 e. The number of anilines is 3. The summed E-state index contributed by atoms with van der Waals surface area (Å²) in [6.07, 6.45) is 0. The molecule has 8 heteroatoms. The van der Waals surface area contributed by atoms with Crippen molar-refractivity contribution in [2.45, 2.75) is 13.5 Å². The van der Waals surface area contributed by atoms with Gasteiger partial charge in [0.25, 0.3) is 5.91 Å². The zero-order chi connectivity index (χ0) is 17.7. The first-order valence-corrected chi connectivity index (χ1v) is 7.69. The summed E-state index contributed by atoms with van der Waals surface area (Å²) in [5, 5.41) is 3.16. The Kier molecular flexibility index (Phi) is 5.64. The number of amides is 1. The van der Waals surface area contributed by atoms with Gasteiger partial charge < -0.3 is 20.9 Å². The Bertz CT molecular complexity index is 717. The minimum absolute atomic E-state index is 0.0489. The fraction of sp³-hybridized carbons (Fsp3) is 0.375. The van der Waals surface area contributed by atoms with E-state index in [1.165, 1.54) is 0 Å². The lowest BCUT2D eigenvalue weighted by Crippen LogP contribution is -3.09. The van der Waals surface area contributed by atoms with E-state index in [0.717, 1.165) is 16.2 Å². The predicted molar refractivity (Wildman–Crippen MR) is 92.9 cm³/mol. The minimum atomic E-state index is 0.0489. The largest absolute Gasteiger partial charge is 0.368 e. The van der Waals surface area contributed by atoms with Crippen molar-refractivity contribution in [1.29, 1.82) is 0 Å². The summed E-state index contributed by atoms with van der Waals surface area (Å²) in [4.78, 5) is 27.0. The van der Waals surface area contributed by atoms with Crippen LogP contribution < -0.4 is 16.0 Å². The van der Waals surface area contributed by atoms with E-state index in [1.807, 2.05) is 38.2 Å². The van der Waals surface area contributed by atoms with Crippen molar-refractivity contribution in [2.24, 2.45) is 0 Å². The summed E-state index contributed by atoms with van der Waals surface area (Å²) in [7, 11) is 5.39. The van der Waals surface area contributed by atoms with Crippen molar-refractivity contribution >= 4 is 23.5 Å². The van der Waals surface area contributed by atoms with Gasteiger partial charge >= 0.3 is 0 Å². The Morgan fingerprint density at radius 1 is 1.25 bits per heavy atom. The summed E-state index contributed by atoms with van der Waals surface area (Å²) in [5.74, 6) is 1.15. The molecule has 2 aromatic rings. The summed E-state index contributed by atoms with van der Waals surface area (Å²) in [6.45, 7) is 2.84. The van der Waals surface area contributed by atoms with E-state index >= 15 is 0 Å². The maximum absolute atomic E-state index is 11.8. The van der Waals surface area contributed by atoms with Crippen LogP contribution in [0.25, 0.3) is 0 Å². The lowest BCUT2D eigenvalue weighted by molar-refractivity contribution is -0.886. The molecule has 1 unspecified atom stereocenters. The summed E-state index contributed by atoms with van der Waals surface area (Å²) < 4.78 is 0. The number of para-hydroxylation sites is 1. The van der Waals surface area contributed by atoms with Gasteiger partial charge in [0, 0.05) is 19.8 Å². The summed E-state index contributed by atoms with van der Waals surface area (Å²) in [6, 6.07) is 7.85. The average Bonchev–Trinajstić information content (AvgIpc) is 2.48. The molecule has 0 spiro atoms. The van der Waals surface area contributed by atoms with Crippen molar-refractivity contribution in [1.82, 2.24) is 19.9 Å². The second-order valence-corrected chi connectivity index (χ2v) is 5.97. The number of nitrogens with zero attached hydrogens (tertiary/aromatic N) is 4. The van der Waals surface area contributed by atoms with Gasteiger partial charge in [0.15, 0.2) is 12.4 Å². The Balaban J connectivity index is 2.11. The molecule has 8 nitrogen and oxygen atoms in total. The Morgan fingerprint density at radius 3 is 2.62 bits per heavy atom. The van der Waals surface area contributed by atoms with E-state index in [9.17, 15) is 4.79 Å². The van der Waals surface area contributed by atoms with Gasteiger partial charge in [0.1, 0.15) is 6.54 Å². The van der Waals surface area contributed by atoms with Crippen LogP contribution in [0.3, 0.4) is 0 Å². The third-order valence-corrected chi connectivity index (χ3v) is 3.50. The van der Waals surface area contributed by atoms with E-state index < -0.39 is 0 Å². The number of carbonyl (C=O) groups is 1. The van der Waals surface area contributed by atoms with Crippen LogP contribution in [0, 0.1) is 6.92 Å². The molecular formula is C16H24N7O+. The van der Waals surface area contributed by atoms with Crippen molar-refractivity contribution < 1.29 is 9.69 Å². The van der Waals surface area contributed by atoms with Crippen LogP contribution in [0.4, 0.5) is 17.6 Å². The number of hydrogen-bond acceptors (Lipinski definition) is 6. The number of nitrogen functional groups attached to an aromatic ring is 1. The Labute approximate surface area is 141 Å². The number of benzene rings is 1. The van der Waals surface area contributed by atoms with Gasteiger partial charge in [-0.1, -0.05) is 18.2 Å². The van der Waals surface area contributed by atoms with Gasteiger partial charge in [-0.15, -0.1) is 0 Å². The lowest BCUT2D eigenvalue weighted by atomic mass is 10.2. The standard InChI is InChI=1S/C16H23N7O/c1-11-7-5-6-8-12(11)18-16-20-13(19-15(17)21-16)9-23(4)10-14(24)22(2)3/h5-8H,9-10H2,1-4H3,(H3,17,18,19,20,21)/p+1. The van der Waals surface area contributed by atoms with Crippen LogP contribution in [0.15, 0.2) is 24.3 Å². The maximum Gasteiger partial charge on any atom is 0.277 e. The highest BCUT2D eigenvalue weighted by Gasteiger charge is 2.15. The number of aryl methyl sites for hydroxylation is 1. The molecule has 2 rings (SSSR count). The topological polar surface area (TPSA) is 101 Å². The van der Waals surface area contributed by atoms with Crippen molar-refractivity contribution in [2.75, 3.05) is 38.7 Å². The highest BCUT2D eigenvalue weighted by molar-refractivity contribution is 5.76. The SMILES string of the molecule is Cc1ccccc1Nc1nc(N)nc(C[NH+](C)CC(=O)N(C)C)n1. The monoisotopic (exact) mass is 330 g/mol. The third kappa shape index (κ3) is 4.88. The molecule has 0 aliphatic heterocycles. The van der Waals surface area contributed by atoms with Gasteiger partial charge in [0.2, 0.25) is 11.9 Å². The average molecular weight is 330 g/mol. The lowest BCUT2D eigenvalue weighted by Gasteiger charge is -2.16. The summed E-state index contributed by atoms with van der Waals surface area (Å²) >= 11 is 0. The normalized spacial score (nSPS) is 11.8. The molecule has 1 amide bonds. The first-order chi connectivity index (χ1) is 11.3. The van der Waals surface area contributed by atoms with Crippen LogP contribution in [0.2, 0.25) is 0 Å². The van der Waals surface area contributed by atoms with Crippen molar-refractivity contribution in [3.8, 4) is 0 Å². The zero-order valence-electron chi connectivity index (χ0n) is 14.5. The molecule has 0 saturated carbocycles. The van der Waals surface area contributed by atoms with Crippen LogP contribution in [0.1, 0.15) is 11.4 Å². The molecule has 24 heavy (non-hydrogen) atoms. The van der Waals surface area contributed by atoms with Crippen LogP contribution in [-0.4, -0.2) is 53.4 Å². The van der Waals surface area contributed by atoms with Gasteiger partial charge in [-0.05, 0) is 18.6 Å². The van der Waals surface area contributed by atoms with Gasteiger partial charge in [-0.3, -0.25) is 4.79 Å². The molecule has 0 fully saturated rings. The molecule has 0 aliphatic rings. The molecule has 1 atom stereocenters. The van der Waals surface area contributed by atoms with E-state index in [2.05, 4.69) is 20.3 Å². The first-order valence-electron chi connectivity index (χ1n) is 7.69. The second kappa shape index (κ2) is 7.69. The number of rotatable bonds is 6. The Hall–Kier alpha value is -2.74. The highest BCUT2D eigenvalue weighted by atomic mass is 16.2. The van der Waals surface area contributed by atoms with E-state index in [4.69, 9.17) is 5.73 Å². The number of carbonyl (C=O) groups excluding carboxylic acids is 1. The fourth-order valence-corrected chi connectivity index (χ4v) is 2.16. The van der Waals surface area contributed by atoms with Crippen molar-refractivity contribution in [3.05, 3.63) is 35.7 Å². The molecule has 0 radical (unpaired) electrons. The van der Waals surface area contributed by atoms with Crippen molar-refractivity contribution in [3.63, 3.8) is 0 Å². The molecule has 0 saturated heterocycles. The van der Waals surface area contributed by atoms with Gasteiger partial charge in [-0.2, -0.15) is 15.0 Å². The molecule has 0 aliphatic carbocycles. The molecule has 1 heterocycles. The van der Waals surface area contributed by atoms with Gasteiger partial charge in [-0.25, -0.2) is 0 Å². The van der Waals surface area contributed by atoms with E-state index in [1.54, 1.807) is 19.0 Å². The van der Waals surface area contributed by atoms with E-state index in [0.29, 0.717) is 24.9 Å². The highest BCUT2D eigenvalue weighted by Crippen LogP contribution is 2.17. The molecule has 128 valence electrons. The van der Waals surface area contributed by atoms with E-state index in [-0.39, 0.29) is 11.9 Å². The van der Waals surface area contributed by atoms with Crippen LogP contribution in [-0.2, 0) is 11.3 Å². The number of hydrogen-bond donors (Lipinski definition) is 3. The smallest absolute Gasteiger partial charge is 0.277 e. The molecule has 4 N–H and O–H groups in total. The predicted octanol–water partition coefficient (Wildman–Crippen LogP) is -0.391. The number of nitrogens with two attached hydrogens (primary N) is 1. The maximum atomic E-state index is 11.8. The van der Waals surface area contributed by atoms with Crippen LogP contribution >= 0.6 is 0 Å². The quantitative estimate of drug-likeness (QED) is 0.667. The zero-order valence-corrected chi connectivity index (χ0v) is 14.5. The number of likely N-dealkylation sites (N-methyl/N-ethyl adjacent to an activating group) is 2. The molecule has 1 aromatic heterocycles. The molecule has 0 bridgehead atoms. The van der Waals surface area contributed by atoms with Gasteiger partial charge in [0.05, 0.1) is 7.05 Å². The summed E-state index contributed by atoms with van der Waals surface area (Å²) in [5.41, 5.74) is 7.78. The number of quaternary nitrogens is 1. The second-order valence-electron chi connectivity index (χ2n) is 5.97. The third-order valence-electron chi connectivity index (χ3n) is 3.50. The van der Waals surface area contributed by atoms with Crippen LogP contribution in [0.5, 0.6) is 0 Å². The molecule has 1 aromatic carbocycles. The fourth-order valence-electron chi connectivity index (χ4n) is 2.16. The molecular weight excluding hydrogens is 306 g/mol. The number of nitrogens with one attached hydrogen (secondary N) is 2. The Morgan fingerprint density at radius 2 is 1.96 bits per heavy atom. The first kappa shape index (κ1) is 17.6.